The Kier molecular flexibility index (Phi) is 4.94. The molecule has 0 aromatic heterocycles. The Bertz CT molecular complexity index is 389. The minimum atomic E-state index is 0.0779. The second-order valence-corrected chi connectivity index (χ2v) is 4.28. The van der Waals surface area contributed by atoms with Gasteiger partial charge in [-0.15, -0.1) is 11.6 Å². The number of halogens is 1. The predicted molar refractivity (Wildman–Crippen MR) is 69.6 cm³/mol. The van der Waals surface area contributed by atoms with E-state index >= 15 is 0 Å². The third-order valence-corrected chi connectivity index (χ3v) is 2.73. The average Bonchev–Trinajstić information content (AvgIpc) is 2.29. The van der Waals surface area contributed by atoms with Crippen molar-refractivity contribution < 1.29 is 14.2 Å². The minimum absolute atomic E-state index is 0.0779. The van der Waals surface area contributed by atoms with Gasteiger partial charge in [0, 0.05) is 11.6 Å². The van der Waals surface area contributed by atoms with Crippen LogP contribution in [0.2, 0.25) is 0 Å². The SMILES string of the molecule is COc1cc(OC(C)C)c(CCl)c(OC)c1C. The molecule has 0 unspecified atom stereocenters. The van der Waals surface area contributed by atoms with Gasteiger partial charge >= 0.3 is 0 Å². The van der Waals surface area contributed by atoms with E-state index in [2.05, 4.69) is 0 Å². The van der Waals surface area contributed by atoms with Crippen molar-refractivity contribution in [3.63, 3.8) is 0 Å². The van der Waals surface area contributed by atoms with Gasteiger partial charge in [0.25, 0.3) is 0 Å². The van der Waals surface area contributed by atoms with Crippen LogP contribution < -0.4 is 14.2 Å². The zero-order valence-electron chi connectivity index (χ0n) is 11.0. The summed E-state index contributed by atoms with van der Waals surface area (Å²) in [5, 5.41) is 0. The van der Waals surface area contributed by atoms with Crippen LogP contribution in [0.3, 0.4) is 0 Å². The van der Waals surface area contributed by atoms with Crippen LogP contribution in [0.4, 0.5) is 0 Å². The van der Waals surface area contributed by atoms with Crippen molar-refractivity contribution in [2.24, 2.45) is 0 Å². The lowest BCUT2D eigenvalue weighted by molar-refractivity contribution is 0.237. The van der Waals surface area contributed by atoms with Gasteiger partial charge in [0.2, 0.25) is 0 Å². The second kappa shape index (κ2) is 6.01. The van der Waals surface area contributed by atoms with Gasteiger partial charge < -0.3 is 14.2 Å². The molecular weight excluding hydrogens is 240 g/mol. The van der Waals surface area contributed by atoms with Crippen LogP contribution in [-0.2, 0) is 5.88 Å². The molecule has 4 heteroatoms. The zero-order valence-corrected chi connectivity index (χ0v) is 11.7. The van der Waals surface area contributed by atoms with Crippen molar-refractivity contribution >= 4 is 11.6 Å². The lowest BCUT2D eigenvalue weighted by atomic mass is 10.1. The molecule has 1 aromatic carbocycles. The third-order valence-electron chi connectivity index (χ3n) is 2.46. The van der Waals surface area contributed by atoms with Gasteiger partial charge in [0.05, 0.1) is 31.8 Å². The van der Waals surface area contributed by atoms with Crippen molar-refractivity contribution in [3.05, 3.63) is 17.2 Å². The maximum Gasteiger partial charge on any atom is 0.133 e. The molecule has 0 saturated carbocycles. The minimum Gasteiger partial charge on any atom is -0.496 e. The van der Waals surface area contributed by atoms with Gasteiger partial charge in [-0.3, -0.25) is 0 Å². The molecule has 0 N–H and O–H groups in total. The summed E-state index contributed by atoms with van der Waals surface area (Å²) in [6.45, 7) is 5.88. The maximum atomic E-state index is 5.97. The highest BCUT2D eigenvalue weighted by Crippen LogP contribution is 2.39. The second-order valence-electron chi connectivity index (χ2n) is 4.01. The Labute approximate surface area is 108 Å². The van der Waals surface area contributed by atoms with Crippen LogP contribution in [0, 0.1) is 6.92 Å². The molecule has 1 rings (SSSR count). The molecule has 0 fully saturated rings. The van der Waals surface area contributed by atoms with E-state index in [1.807, 2.05) is 26.8 Å². The average molecular weight is 259 g/mol. The fourth-order valence-electron chi connectivity index (χ4n) is 1.74. The molecule has 0 aliphatic rings. The summed E-state index contributed by atoms with van der Waals surface area (Å²) in [7, 11) is 3.25. The van der Waals surface area contributed by atoms with E-state index < -0.39 is 0 Å². The van der Waals surface area contributed by atoms with Gasteiger partial charge in [-0.25, -0.2) is 0 Å². The summed E-state index contributed by atoms with van der Waals surface area (Å²) in [6, 6.07) is 1.86. The smallest absolute Gasteiger partial charge is 0.133 e. The van der Waals surface area contributed by atoms with Crippen molar-refractivity contribution in [2.75, 3.05) is 14.2 Å². The van der Waals surface area contributed by atoms with Crippen LogP contribution in [0.25, 0.3) is 0 Å². The van der Waals surface area contributed by atoms with E-state index in [9.17, 15) is 0 Å². The molecular formula is C13H19ClO3. The molecule has 1 aromatic rings. The molecule has 0 aliphatic carbocycles. The van der Waals surface area contributed by atoms with E-state index in [1.54, 1.807) is 14.2 Å². The number of ether oxygens (including phenoxy) is 3. The number of methoxy groups -OCH3 is 2. The van der Waals surface area contributed by atoms with Gasteiger partial charge in [0.1, 0.15) is 17.2 Å². The predicted octanol–water partition coefficient (Wildman–Crippen LogP) is 3.54. The summed E-state index contributed by atoms with van der Waals surface area (Å²) in [5.74, 6) is 2.53. The Balaban J connectivity index is 3.36. The lowest BCUT2D eigenvalue weighted by Gasteiger charge is -2.19. The molecule has 0 atom stereocenters. The molecule has 17 heavy (non-hydrogen) atoms. The van der Waals surface area contributed by atoms with Crippen molar-refractivity contribution in [2.45, 2.75) is 32.8 Å². The molecule has 0 amide bonds. The van der Waals surface area contributed by atoms with Crippen LogP contribution >= 0.6 is 11.6 Å². The normalized spacial score (nSPS) is 10.5. The summed E-state index contributed by atoms with van der Waals surface area (Å²) < 4.78 is 16.4. The largest absolute Gasteiger partial charge is 0.496 e. The van der Waals surface area contributed by atoms with Gasteiger partial charge in [-0.1, -0.05) is 0 Å². The van der Waals surface area contributed by atoms with E-state index in [0.29, 0.717) is 11.6 Å². The number of benzene rings is 1. The first kappa shape index (κ1) is 14.0. The number of alkyl halides is 1. The Morgan fingerprint density at radius 2 is 1.82 bits per heavy atom. The summed E-state index contributed by atoms with van der Waals surface area (Å²) >= 11 is 5.97. The number of hydrogen-bond acceptors (Lipinski definition) is 3. The van der Waals surface area contributed by atoms with Crippen LogP contribution in [0.1, 0.15) is 25.0 Å². The molecule has 96 valence electrons. The molecule has 0 aliphatic heterocycles. The first-order valence-electron chi connectivity index (χ1n) is 5.52. The molecule has 0 heterocycles. The van der Waals surface area contributed by atoms with Crippen molar-refractivity contribution in [1.82, 2.24) is 0 Å². The highest BCUT2D eigenvalue weighted by molar-refractivity contribution is 6.17. The van der Waals surface area contributed by atoms with Crippen molar-refractivity contribution in [3.8, 4) is 17.2 Å². The fraction of sp³-hybridized carbons (Fsp3) is 0.538. The first-order chi connectivity index (χ1) is 8.04. The Hall–Kier alpha value is -1.09. The topological polar surface area (TPSA) is 27.7 Å². The van der Waals surface area contributed by atoms with E-state index in [1.165, 1.54) is 0 Å². The van der Waals surface area contributed by atoms with E-state index in [-0.39, 0.29) is 6.10 Å². The molecule has 0 saturated heterocycles. The monoisotopic (exact) mass is 258 g/mol. The highest BCUT2D eigenvalue weighted by atomic mass is 35.5. The highest BCUT2D eigenvalue weighted by Gasteiger charge is 2.17. The molecule has 0 bridgehead atoms. The third kappa shape index (κ3) is 2.97. The summed E-state index contributed by atoms with van der Waals surface area (Å²) in [5.41, 5.74) is 1.79. The number of rotatable bonds is 5. The Morgan fingerprint density at radius 3 is 2.24 bits per heavy atom. The first-order valence-corrected chi connectivity index (χ1v) is 6.05. The van der Waals surface area contributed by atoms with Crippen LogP contribution in [0.5, 0.6) is 17.2 Å². The quantitative estimate of drug-likeness (QED) is 0.756. The zero-order chi connectivity index (χ0) is 13.0. The number of hydrogen-bond donors (Lipinski definition) is 0. The fourth-order valence-corrected chi connectivity index (χ4v) is 1.99. The van der Waals surface area contributed by atoms with E-state index in [0.717, 1.165) is 22.6 Å². The van der Waals surface area contributed by atoms with Crippen LogP contribution in [-0.4, -0.2) is 20.3 Å². The molecule has 3 nitrogen and oxygen atoms in total. The van der Waals surface area contributed by atoms with Gasteiger partial charge in [0.15, 0.2) is 0 Å². The summed E-state index contributed by atoms with van der Waals surface area (Å²) in [6.07, 6.45) is 0.0779. The standard InChI is InChI=1S/C13H19ClO3/c1-8(2)17-12-6-11(15-4)9(3)13(16-5)10(12)7-14/h6,8H,7H2,1-5H3. The Morgan fingerprint density at radius 1 is 1.18 bits per heavy atom. The maximum absolute atomic E-state index is 5.97. The van der Waals surface area contributed by atoms with Crippen molar-refractivity contribution in [1.29, 1.82) is 0 Å². The van der Waals surface area contributed by atoms with Gasteiger partial charge in [-0.05, 0) is 20.8 Å². The summed E-state index contributed by atoms with van der Waals surface area (Å²) in [4.78, 5) is 0. The lowest BCUT2D eigenvalue weighted by Crippen LogP contribution is -2.09. The van der Waals surface area contributed by atoms with Crippen LogP contribution in [0.15, 0.2) is 6.07 Å². The van der Waals surface area contributed by atoms with Gasteiger partial charge in [-0.2, -0.15) is 0 Å². The molecule has 0 radical (unpaired) electrons. The molecule has 0 spiro atoms. The van der Waals surface area contributed by atoms with E-state index in [4.69, 9.17) is 25.8 Å².